The highest BCUT2D eigenvalue weighted by molar-refractivity contribution is 5.78. The molecule has 1 saturated heterocycles. The van der Waals surface area contributed by atoms with Crippen molar-refractivity contribution in [3.63, 3.8) is 0 Å². The van der Waals surface area contributed by atoms with Crippen LogP contribution in [0.3, 0.4) is 0 Å². The van der Waals surface area contributed by atoms with Crippen LogP contribution in [0, 0.1) is 0 Å². The van der Waals surface area contributed by atoms with E-state index in [0.717, 1.165) is 32.4 Å². The fourth-order valence-corrected chi connectivity index (χ4v) is 1.89. The second-order valence-electron chi connectivity index (χ2n) is 4.70. The molecule has 0 bridgehead atoms. The van der Waals surface area contributed by atoms with Crippen molar-refractivity contribution in [2.75, 3.05) is 19.6 Å². The summed E-state index contributed by atoms with van der Waals surface area (Å²) in [6.07, 6.45) is 3.69. The van der Waals surface area contributed by atoms with Gasteiger partial charge in [0.15, 0.2) is 0 Å². The zero-order valence-electron chi connectivity index (χ0n) is 10.6. The molecule has 1 atom stereocenters. The summed E-state index contributed by atoms with van der Waals surface area (Å²) in [6.45, 7) is 4.16. The molecule has 1 aliphatic heterocycles. The van der Waals surface area contributed by atoms with E-state index in [9.17, 15) is 9.59 Å². The van der Waals surface area contributed by atoms with E-state index < -0.39 is 0 Å². The summed E-state index contributed by atoms with van der Waals surface area (Å²) >= 11 is 0. The molecular formula is C12H23N3O2. The lowest BCUT2D eigenvalue weighted by Gasteiger charge is -2.15. The van der Waals surface area contributed by atoms with Gasteiger partial charge in [-0.3, -0.25) is 9.59 Å². The molecule has 1 fully saturated rings. The molecule has 0 aromatic carbocycles. The molecule has 98 valence electrons. The number of likely N-dealkylation sites (tertiary alicyclic amines) is 1. The number of rotatable bonds is 7. The Labute approximate surface area is 103 Å². The Hall–Kier alpha value is -1.10. The van der Waals surface area contributed by atoms with Gasteiger partial charge in [0.2, 0.25) is 11.8 Å². The molecule has 1 aliphatic rings. The standard InChI is InChI=1S/C12H23N3O2/c1-10(13)5-6-11(16)14-7-3-9-15-8-2-4-12(15)17/h10H,2-9,13H2,1H3,(H,14,16). The first-order chi connectivity index (χ1) is 8.09. The fraction of sp³-hybridized carbons (Fsp3) is 0.833. The summed E-state index contributed by atoms with van der Waals surface area (Å²) in [5, 5.41) is 2.84. The van der Waals surface area contributed by atoms with Crippen LogP contribution in [0.1, 0.15) is 39.0 Å². The van der Waals surface area contributed by atoms with E-state index >= 15 is 0 Å². The Morgan fingerprint density at radius 2 is 2.35 bits per heavy atom. The molecule has 1 unspecified atom stereocenters. The number of nitrogens with one attached hydrogen (secondary N) is 1. The highest BCUT2D eigenvalue weighted by Gasteiger charge is 2.18. The molecule has 0 saturated carbocycles. The second kappa shape index (κ2) is 7.27. The molecule has 3 N–H and O–H groups in total. The van der Waals surface area contributed by atoms with Crippen LogP contribution in [-0.4, -0.2) is 42.4 Å². The average Bonchev–Trinajstić information content (AvgIpc) is 2.68. The van der Waals surface area contributed by atoms with Gasteiger partial charge in [0, 0.05) is 38.5 Å². The third kappa shape index (κ3) is 5.68. The first-order valence-corrected chi connectivity index (χ1v) is 6.39. The van der Waals surface area contributed by atoms with Crippen molar-refractivity contribution < 1.29 is 9.59 Å². The number of carbonyl (C=O) groups is 2. The molecule has 1 rings (SSSR count). The van der Waals surface area contributed by atoms with E-state index in [1.807, 2.05) is 11.8 Å². The molecular weight excluding hydrogens is 218 g/mol. The SMILES string of the molecule is CC(N)CCC(=O)NCCCN1CCCC1=O. The summed E-state index contributed by atoms with van der Waals surface area (Å²) in [5.41, 5.74) is 5.57. The minimum atomic E-state index is 0.0510. The van der Waals surface area contributed by atoms with Crippen molar-refractivity contribution in [3.8, 4) is 0 Å². The Kier molecular flexibility index (Phi) is 5.97. The second-order valence-corrected chi connectivity index (χ2v) is 4.70. The van der Waals surface area contributed by atoms with Crippen molar-refractivity contribution in [2.45, 2.75) is 45.1 Å². The summed E-state index contributed by atoms with van der Waals surface area (Å²) in [5.74, 6) is 0.295. The van der Waals surface area contributed by atoms with Crippen molar-refractivity contribution in [3.05, 3.63) is 0 Å². The number of hydrogen-bond donors (Lipinski definition) is 2. The number of hydrogen-bond acceptors (Lipinski definition) is 3. The van der Waals surface area contributed by atoms with Gasteiger partial charge in [-0.05, 0) is 26.2 Å². The fourth-order valence-electron chi connectivity index (χ4n) is 1.89. The van der Waals surface area contributed by atoms with E-state index in [1.165, 1.54) is 0 Å². The highest BCUT2D eigenvalue weighted by Crippen LogP contribution is 2.09. The van der Waals surface area contributed by atoms with Crippen LogP contribution in [0.15, 0.2) is 0 Å². The predicted octanol–water partition coefficient (Wildman–Crippen LogP) is 0.243. The maximum Gasteiger partial charge on any atom is 0.222 e. The Morgan fingerprint density at radius 3 is 2.94 bits per heavy atom. The molecule has 0 aromatic heterocycles. The minimum absolute atomic E-state index is 0.0510. The van der Waals surface area contributed by atoms with Gasteiger partial charge in [0.05, 0.1) is 0 Å². The van der Waals surface area contributed by atoms with E-state index in [-0.39, 0.29) is 17.9 Å². The highest BCUT2D eigenvalue weighted by atomic mass is 16.2. The van der Waals surface area contributed by atoms with Crippen molar-refractivity contribution >= 4 is 11.8 Å². The third-order valence-corrected chi connectivity index (χ3v) is 2.93. The van der Waals surface area contributed by atoms with Crippen LogP contribution in [0.2, 0.25) is 0 Å². The summed E-state index contributed by atoms with van der Waals surface area (Å²) in [6, 6.07) is 0.0722. The van der Waals surface area contributed by atoms with Crippen molar-refractivity contribution in [1.82, 2.24) is 10.2 Å². The molecule has 0 aromatic rings. The van der Waals surface area contributed by atoms with Crippen LogP contribution in [0.25, 0.3) is 0 Å². The van der Waals surface area contributed by atoms with Gasteiger partial charge in [0.1, 0.15) is 0 Å². The first-order valence-electron chi connectivity index (χ1n) is 6.39. The van der Waals surface area contributed by atoms with Gasteiger partial charge in [-0.25, -0.2) is 0 Å². The zero-order valence-corrected chi connectivity index (χ0v) is 10.6. The molecule has 5 heteroatoms. The molecule has 0 spiro atoms. The van der Waals surface area contributed by atoms with E-state index in [1.54, 1.807) is 0 Å². The molecule has 0 radical (unpaired) electrons. The summed E-state index contributed by atoms with van der Waals surface area (Å²) in [4.78, 5) is 24.5. The Bertz CT molecular complexity index is 266. The van der Waals surface area contributed by atoms with Crippen LogP contribution in [0.4, 0.5) is 0 Å². The Balaban J connectivity index is 2.00. The summed E-state index contributed by atoms with van der Waals surface area (Å²) < 4.78 is 0. The minimum Gasteiger partial charge on any atom is -0.356 e. The van der Waals surface area contributed by atoms with Gasteiger partial charge in [0.25, 0.3) is 0 Å². The summed E-state index contributed by atoms with van der Waals surface area (Å²) in [7, 11) is 0. The smallest absolute Gasteiger partial charge is 0.222 e. The maximum absolute atomic E-state index is 11.4. The maximum atomic E-state index is 11.4. The van der Waals surface area contributed by atoms with Crippen LogP contribution in [-0.2, 0) is 9.59 Å². The van der Waals surface area contributed by atoms with E-state index in [2.05, 4.69) is 5.32 Å². The van der Waals surface area contributed by atoms with E-state index in [4.69, 9.17) is 5.73 Å². The molecule has 1 heterocycles. The monoisotopic (exact) mass is 241 g/mol. The first kappa shape index (κ1) is 14.0. The van der Waals surface area contributed by atoms with Gasteiger partial charge >= 0.3 is 0 Å². The number of nitrogens with two attached hydrogens (primary N) is 1. The van der Waals surface area contributed by atoms with Gasteiger partial charge in [-0.2, -0.15) is 0 Å². The number of nitrogens with zero attached hydrogens (tertiary/aromatic N) is 1. The molecule has 5 nitrogen and oxygen atoms in total. The van der Waals surface area contributed by atoms with Gasteiger partial charge in [-0.1, -0.05) is 0 Å². The predicted molar refractivity (Wildman–Crippen MR) is 66.3 cm³/mol. The average molecular weight is 241 g/mol. The topological polar surface area (TPSA) is 75.4 Å². The third-order valence-electron chi connectivity index (χ3n) is 2.93. The van der Waals surface area contributed by atoms with Crippen molar-refractivity contribution in [1.29, 1.82) is 0 Å². The lowest BCUT2D eigenvalue weighted by molar-refractivity contribution is -0.127. The molecule has 17 heavy (non-hydrogen) atoms. The quantitative estimate of drug-likeness (QED) is 0.627. The van der Waals surface area contributed by atoms with E-state index in [0.29, 0.717) is 19.4 Å². The van der Waals surface area contributed by atoms with Crippen LogP contribution < -0.4 is 11.1 Å². The largest absolute Gasteiger partial charge is 0.356 e. The van der Waals surface area contributed by atoms with Crippen LogP contribution >= 0.6 is 0 Å². The molecule has 0 aliphatic carbocycles. The zero-order chi connectivity index (χ0) is 12.7. The number of carbonyl (C=O) groups excluding carboxylic acids is 2. The lowest BCUT2D eigenvalue weighted by Crippen LogP contribution is -2.31. The molecule has 2 amide bonds. The van der Waals surface area contributed by atoms with Gasteiger partial charge in [-0.15, -0.1) is 0 Å². The Morgan fingerprint density at radius 1 is 1.59 bits per heavy atom. The lowest BCUT2D eigenvalue weighted by atomic mass is 10.2. The normalized spacial score (nSPS) is 17.3. The van der Waals surface area contributed by atoms with Crippen molar-refractivity contribution in [2.24, 2.45) is 5.73 Å². The number of amides is 2. The van der Waals surface area contributed by atoms with Crippen LogP contribution in [0.5, 0.6) is 0 Å². The van der Waals surface area contributed by atoms with Gasteiger partial charge < -0.3 is 16.0 Å².